The minimum absolute atomic E-state index is 0.167. The Morgan fingerprint density at radius 3 is 2.32 bits per heavy atom. The summed E-state index contributed by atoms with van der Waals surface area (Å²) in [4.78, 5) is 76.6. The predicted octanol–water partition coefficient (Wildman–Crippen LogP) is 3.57. The third-order valence-corrected chi connectivity index (χ3v) is 9.83. The lowest BCUT2D eigenvalue weighted by Gasteiger charge is -2.36. The number of imide groups is 1. The lowest BCUT2D eigenvalue weighted by Crippen LogP contribution is -2.41. The van der Waals surface area contributed by atoms with E-state index in [1.54, 1.807) is 32.9 Å². The highest BCUT2D eigenvalue weighted by Gasteiger charge is 2.59. The van der Waals surface area contributed by atoms with Crippen molar-refractivity contribution in [3.05, 3.63) is 78.8 Å². The first kappa shape index (κ1) is 28.2. The van der Waals surface area contributed by atoms with Crippen LogP contribution in [0.3, 0.4) is 0 Å². The summed E-state index contributed by atoms with van der Waals surface area (Å²) in [5.41, 5.74) is -0.0877. The molecule has 3 amide bonds. The molecule has 41 heavy (non-hydrogen) atoms. The van der Waals surface area contributed by atoms with E-state index in [2.05, 4.69) is 5.32 Å². The number of ether oxygens (including phenoxy) is 1. The van der Waals surface area contributed by atoms with Crippen molar-refractivity contribution in [2.75, 3.05) is 16.8 Å². The highest BCUT2D eigenvalue weighted by Crippen LogP contribution is 2.54. The van der Waals surface area contributed by atoms with E-state index in [1.807, 2.05) is 0 Å². The summed E-state index contributed by atoms with van der Waals surface area (Å²) in [5, 5.41) is 13.3. The van der Waals surface area contributed by atoms with Gasteiger partial charge in [-0.05, 0) is 43.3 Å². The van der Waals surface area contributed by atoms with Gasteiger partial charge in [-0.3, -0.25) is 33.9 Å². The Morgan fingerprint density at radius 2 is 1.71 bits per heavy atom. The predicted molar refractivity (Wildman–Crippen MR) is 151 cm³/mol. The van der Waals surface area contributed by atoms with Crippen LogP contribution in [0.25, 0.3) is 0 Å². The summed E-state index contributed by atoms with van der Waals surface area (Å²) >= 11 is 2.01. The van der Waals surface area contributed by atoms with Gasteiger partial charge < -0.3 is 10.1 Å². The molecule has 0 bridgehead atoms. The summed E-state index contributed by atoms with van der Waals surface area (Å²) in [6, 6.07) is 11.3. The van der Waals surface area contributed by atoms with Crippen molar-refractivity contribution in [3.8, 4) is 0 Å². The second-order valence-electron chi connectivity index (χ2n) is 9.96. The van der Waals surface area contributed by atoms with Gasteiger partial charge in [0.25, 0.3) is 5.69 Å². The van der Waals surface area contributed by atoms with Crippen LogP contribution < -0.4 is 15.1 Å². The van der Waals surface area contributed by atoms with Gasteiger partial charge in [0, 0.05) is 28.1 Å². The molecule has 1 saturated heterocycles. The molecule has 0 spiro atoms. The second-order valence-corrected chi connectivity index (χ2v) is 12.0. The Morgan fingerprint density at radius 1 is 1.05 bits per heavy atom. The zero-order valence-corrected chi connectivity index (χ0v) is 23.7. The zero-order valence-electron chi connectivity index (χ0n) is 22.1. The molecule has 2 aliphatic rings. The fourth-order valence-electron chi connectivity index (χ4n) is 4.99. The van der Waals surface area contributed by atoms with Gasteiger partial charge in [0.05, 0.1) is 33.7 Å². The van der Waals surface area contributed by atoms with Crippen molar-refractivity contribution in [3.63, 3.8) is 0 Å². The largest absolute Gasteiger partial charge is 0.462 e. The number of carbonyl (C=O) groups is 4. The molecule has 212 valence electrons. The number of nitrogens with zero attached hydrogens (tertiary/aromatic N) is 3. The van der Waals surface area contributed by atoms with Crippen molar-refractivity contribution in [1.29, 1.82) is 0 Å². The van der Waals surface area contributed by atoms with Crippen molar-refractivity contribution < 1.29 is 28.8 Å². The number of fused-ring (bicyclic) bond motifs is 2. The van der Waals surface area contributed by atoms with E-state index >= 15 is 0 Å². The standard InChI is InChI=1S/C27H24N4O8S2/c1-4-39-25(35)14-5-7-15(8-6-14)28-18(32)13-29-24-21(41-26(29)36)27(2,3)19-20(40-24)23(34)30(22(19)33)16-9-11-17(12-10-16)31(37)38/h5-12,19-20H,4,13H2,1-3H3,(H,28,32). The number of non-ortho nitro benzene ring substituents is 1. The minimum Gasteiger partial charge on any atom is -0.462 e. The van der Waals surface area contributed by atoms with Gasteiger partial charge in [0.15, 0.2) is 0 Å². The van der Waals surface area contributed by atoms with Crippen LogP contribution in [-0.2, 0) is 31.1 Å². The summed E-state index contributed by atoms with van der Waals surface area (Å²) in [6.45, 7) is 5.20. The minimum atomic E-state index is -0.901. The summed E-state index contributed by atoms with van der Waals surface area (Å²) in [5.74, 6) is -2.69. The van der Waals surface area contributed by atoms with Gasteiger partial charge in [-0.15, -0.1) is 0 Å². The first-order chi connectivity index (χ1) is 19.4. The van der Waals surface area contributed by atoms with Crippen LogP contribution in [-0.4, -0.2) is 45.0 Å². The molecule has 2 aliphatic heterocycles. The number of rotatable bonds is 7. The number of hydrogen-bond donors (Lipinski definition) is 1. The molecule has 1 fully saturated rings. The SMILES string of the molecule is CCOC(=O)c1ccc(NC(=O)Cn2c3c(sc2=O)C(C)(C)C2C(=O)N(c4ccc([N+](=O)[O-])cc4)C(=O)C2S3)cc1. The number of carbonyl (C=O) groups excluding carboxylic acids is 4. The smallest absolute Gasteiger partial charge is 0.338 e. The van der Waals surface area contributed by atoms with Crippen molar-refractivity contribution in [1.82, 2.24) is 4.57 Å². The molecule has 0 saturated carbocycles. The first-order valence-electron chi connectivity index (χ1n) is 12.5. The van der Waals surface area contributed by atoms with Crippen molar-refractivity contribution in [2.45, 2.75) is 43.0 Å². The number of nitro benzene ring substituents is 1. The molecule has 0 aliphatic carbocycles. The Balaban J connectivity index is 1.38. The highest BCUT2D eigenvalue weighted by molar-refractivity contribution is 8.00. The normalized spacial score (nSPS) is 19.0. The lowest BCUT2D eigenvalue weighted by molar-refractivity contribution is -0.384. The third-order valence-electron chi connectivity index (χ3n) is 7.00. The molecule has 5 rings (SSSR count). The van der Waals surface area contributed by atoms with Crippen LogP contribution in [0.1, 0.15) is 36.0 Å². The number of esters is 1. The Hall–Kier alpha value is -4.30. The van der Waals surface area contributed by atoms with E-state index in [4.69, 9.17) is 4.74 Å². The van der Waals surface area contributed by atoms with E-state index in [0.29, 0.717) is 21.2 Å². The molecule has 2 unspecified atom stereocenters. The van der Waals surface area contributed by atoms with Gasteiger partial charge in [0.2, 0.25) is 17.7 Å². The van der Waals surface area contributed by atoms with Crippen LogP contribution in [0.4, 0.5) is 17.1 Å². The lowest BCUT2D eigenvalue weighted by atomic mass is 9.76. The molecular formula is C27H24N4O8S2. The number of nitrogens with one attached hydrogen (secondary N) is 1. The van der Waals surface area contributed by atoms with Gasteiger partial charge in [0.1, 0.15) is 11.8 Å². The number of hydrogen-bond acceptors (Lipinski definition) is 10. The molecule has 1 N–H and O–H groups in total. The molecule has 2 aromatic carbocycles. The molecule has 0 radical (unpaired) electrons. The average Bonchev–Trinajstić information content (AvgIpc) is 3.38. The maximum atomic E-state index is 13.6. The van der Waals surface area contributed by atoms with Gasteiger partial charge in [-0.1, -0.05) is 36.9 Å². The first-order valence-corrected chi connectivity index (χ1v) is 14.2. The van der Waals surface area contributed by atoms with Gasteiger partial charge in [-0.25, -0.2) is 9.69 Å². The van der Waals surface area contributed by atoms with E-state index in [1.165, 1.54) is 41.0 Å². The van der Waals surface area contributed by atoms with Crippen molar-refractivity contribution >= 4 is 63.9 Å². The Kier molecular flexibility index (Phi) is 7.30. The van der Waals surface area contributed by atoms with E-state index in [-0.39, 0.29) is 24.5 Å². The molecule has 3 aromatic rings. The molecule has 3 heterocycles. The number of amides is 3. The number of thiazole rings is 1. The number of thioether (sulfide) groups is 1. The topological polar surface area (TPSA) is 158 Å². The van der Waals surface area contributed by atoms with Gasteiger partial charge in [-0.2, -0.15) is 0 Å². The maximum Gasteiger partial charge on any atom is 0.338 e. The molecular weight excluding hydrogens is 572 g/mol. The van der Waals surface area contributed by atoms with Gasteiger partial charge >= 0.3 is 10.8 Å². The fraction of sp³-hybridized carbons (Fsp3) is 0.296. The second kappa shape index (κ2) is 10.6. The summed E-state index contributed by atoms with van der Waals surface area (Å²) in [7, 11) is 0. The Bertz CT molecular complexity index is 1640. The van der Waals surface area contributed by atoms with Crippen LogP contribution in [0.2, 0.25) is 0 Å². The van der Waals surface area contributed by atoms with Crippen LogP contribution in [0, 0.1) is 16.0 Å². The van der Waals surface area contributed by atoms with Crippen LogP contribution >= 0.6 is 23.1 Å². The number of anilines is 2. The fourth-order valence-corrected chi connectivity index (χ4v) is 8.03. The molecule has 1 aromatic heterocycles. The van der Waals surface area contributed by atoms with Crippen LogP contribution in [0.5, 0.6) is 0 Å². The van der Waals surface area contributed by atoms with E-state index in [0.717, 1.165) is 28.0 Å². The van der Waals surface area contributed by atoms with E-state index in [9.17, 15) is 34.1 Å². The highest BCUT2D eigenvalue weighted by atomic mass is 32.2. The number of aromatic nitrogens is 1. The molecule has 14 heteroatoms. The molecule has 2 atom stereocenters. The summed E-state index contributed by atoms with van der Waals surface area (Å²) < 4.78 is 6.26. The van der Waals surface area contributed by atoms with E-state index < -0.39 is 50.1 Å². The summed E-state index contributed by atoms with van der Waals surface area (Å²) in [6.07, 6.45) is 0. The third kappa shape index (κ3) is 4.93. The number of benzene rings is 2. The van der Waals surface area contributed by atoms with Crippen molar-refractivity contribution in [2.24, 2.45) is 5.92 Å². The maximum absolute atomic E-state index is 13.6. The monoisotopic (exact) mass is 596 g/mol. The van der Waals surface area contributed by atoms with Crippen LogP contribution in [0.15, 0.2) is 58.4 Å². The zero-order chi connectivity index (χ0) is 29.6. The quantitative estimate of drug-likeness (QED) is 0.186. The Labute approximate surface area is 241 Å². The molecule has 12 nitrogen and oxygen atoms in total. The average molecular weight is 597 g/mol. The number of nitro groups is 1.